The molecule has 0 aliphatic carbocycles. The van der Waals surface area contributed by atoms with Gasteiger partial charge in [0.1, 0.15) is 0 Å². The fourth-order valence-corrected chi connectivity index (χ4v) is 0.915. The lowest BCUT2D eigenvalue weighted by Gasteiger charge is -2.05. The van der Waals surface area contributed by atoms with Crippen molar-refractivity contribution in [3.05, 3.63) is 46.0 Å². The minimum atomic E-state index is -0.877. The van der Waals surface area contributed by atoms with Crippen molar-refractivity contribution in [1.29, 1.82) is 0 Å². The topological polar surface area (TPSA) is 69.4 Å². The molecular weight excluding hydrogens is 198 g/mol. The molecule has 0 unspecified atom stereocenters. The average Bonchev–Trinajstić information content (AvgIpc) is 2.26. The second kappa shape index (κ2) is 5.09. The smallest absolute Gasteiger partial charge is 0.338 e. The lowest BCUT2D eigenvalue weighted by Crippen LogP contribution is -2.23. The Morgan fingerprint density at radius 3 is 2.60 bits per heavy atom. The van der Waals surface area contributed by atoms with Crippen LogP contribution in [0.5, 0.6) is 0 Å². The summed E-state index contributed by atoms with van der Waals surface area (Å²) in [6.45, 7) is 1.18. The van der Waals surface area contributed by atoms with Crippen LogP contribution in [0.15, 0.2) is 30.3 Å². The number of nitrogens with zero attached hydrogens (tertiary/aromatic N) is 1. The quantitative estimate of drug-likeness (QED) is 0.428. The van der Waals surface area contributed by atoms with Gasteiger partial charge in [-0.3, -0.25) is 10.1 Å². The summed E-state index contributed by atoms with van der Waals surface area (Å²) in [5.41, 5.74) is 0.396. The number of benzene rings is 1. The molecule has 0 bridgehead atoms. The van der Waals surface area contributed by atoms with E-state index in [4.69, 9.17) is 4.74 Å². The lowest BCUT2D eigenvalue weighted by molar-refractivity contribution is -0.520. The van der Waals surface area contributed by atoms with Crippen LogP contribution in [-0.2, 0) is 4.74 Å². The first-order chi connectivity index (χ1) is 7.11. The molecule has 0 N–H and O–H groups in total. The molecule has 0 amide bonds. The molecular formula is C10H11NO4. The molecule has 80 valence electrons. The van der Waals surface area contributed by atoms with E-state index >= 15 is 0 Å². The summed E-state index contributed by atoms with van der Waals surface area (Å²) < 4.78 is 4.77. The zero-order valence-electron chi connectivity index (χ0n) is 8.25. The first-order valence-electron chi connectivity index (χ1n) is 4.47. The highest BCUT2D eigenvalue weighted by Gasteiger charge is 2.16. The highest BCUT2D eigenvalue weighted by atomic mass is 16.6. The number of esters is 1. The van der Waals surface area contributed by atoms with E-state index in [1.165, 1.54) is 6.92 Å². The number of ether oxygens (including phenoxy) is 1. The molecule has 0 aliphatic heterocycles. The number of hydrogen-bond acceptors (Lipinski definition) is 4. The normalized spacial score (nSPS) is 11.8. The van der Waals surface area contributed by atoms with Gasteiger partial charge in [0.2, 0.25) is 6.04 Å². The number of carbonyl (C=O) groups excluding carboxylic acids is 1. The molecule has 0 fully saturated rings. The minimum Gasteiger partial charge on any atom is -0.455 e. The SMILES string of the molecule is C[C@H](COC(=O)c1ccccc1)[N+](=O)[O-]. The fraction of sp³-hybridized carbons (Fsp3) is 0.300. The highest BCUT2D eigenvalue weighted by Crippen LogP contribution is 2.02. The van der Waals surface area contributed by atoms with Crippen LogP contribution in [-0.4, -0.2) is 23.5 Å². The van der Waals surface area contributed by atoms with E-state index in [1.807, 2.05) is 0 Å². The maximum atomic E-state index is 11.3. The molecule has 0 aromatic heterocycles. The van der Waals surface area contributed by atoms with Gasteiger partial charge in [-0.2, -0.15) is 0 Å². The van der Waals surface area contributed by atoms with Gasteiger partial charge in [-0.15, -0.1) is 0 Å². The molecule has 5 nitrogen and oxygen atoms in total. The van der Waals surface area contributed by atoms with Gasteiger partial charge in [0, 0.05) is 11.8 Å². The Hall–Kier alpha value is -1.91. The van der Waals surface area contributed by atoms with Crippen LogP contribution in [0, 0.1) is 10.1 Å². The van der Waals surface area contributed by atoms with E-state index in [-0.39, 0.29) is 6.61 Å². The average molecular weight is 209 g/mol. The zero-order chi connectivity index (χ0) is 11.3. The van der Waals surface area contributed by atoms with Gasteiger partial charge in [0.25, 0.3) is 0 Å². The van der Waals surface area contributed by atoms with E-state index in [1.54, 1.807) is 30.3 Å². The van der Waals surface area contributed by atoms with Crippen LogP contribution >= 0.6 is 0 Å². The fourth-order valence-electron chi connectivity index (χ4n) is 0.915. The molecule has 1 rings (SSSR count). The van der Waals surface area contributed by atoms with Crippen LogP contribution in [0.2, 0.25) is 0 Å². The third-order valence-electron chi connectivity index (χ3n) is 1.83. The van der Waals surface area contributed by atoms with Gasteiger partial charge >= 0.3 is 5.97 Å². The molecule has 0 radical (unpaired) electrons. The Balaban J connectivity index is 2.47. The van der Waals surface area contributed by atoms with E-state index in [0.717, 1.165) is 0 Å². The molecule has 0 saturated heterocycles. The van der Waals surface area contributed by atoms with Gasteiger partial charge in [0.15, 0.2) is 6.61 Å². The summed E-state index contributed by atoms with van der Waals surface area (Å²) in [6.07, 6.45) is 0. The number of carbonyl (C=O) groups is 1. The molecule has 1 aromatic carbocycles. The van der Waals surface area contributed by atoms with Gasteiger partial charge < -0.3 is 4.74 Å². The van der Waals surface area contributed by atoms with Crippen molar-refractivity contribution in [1.82, 2.24) is 0 Å². The first kappa shape index (κ1) is 11.2. The Bertz CT molecular complexity index is 350. The van der Waals surface area contributed by atoms with E-state index in [2.05, 4.69) is 0 Å². The summed E-state index contributed by atoms with van der Waals surface area (Å²) in [4.78, 5) is 21.1. The van der Waals surface area contributed by atoms with E-state index < -0.39 is 16.9 Å². The second-order valence-corrected chi connectivity index (χ2v) is 3.10. The molecule has 5 heteroatoms. The van der Waals surface area contributed by atoms with Crippen molar-refractivity contribution < 1.29 is 14.5 Å². The summed E-state index contributed by atoms with van der Waals surface area (Å²) in [5.74, 6) is -0.538. The second-order valence-electron chi connectivity index (χ2n) is 3.10. The zero-order valence-corrected chi connectivity index (χ0v) is 8.25. The maximum absolute atomic E-state index is 11.3. The number of rotatable bonds is 4. The van der Waals surface area contributed by atoms with Crippen LogP contribution in [0.1, 0.15) is 17.3 Å². The summed E-state index contributed by atoms with van der Waals surface area (Å²) >= 11 is 0. The predicted octanol–water partition coefficient (Wildman–Crippen LogP) is 1.51. The molecule has 0 saturated carbocycles. The Morgan fingerprint density at radius 2 is 2.07 bits per heavy atom. The summed E-state index contributed by atoms with van der Waals surface area (Å²) in [6, 6.07) is 7.49. The third kappa shape index (κ3) is 3.38. The molecule has 1 atom stereocenters. The molecule has 1 aromatic rings. The van der Waals surface area contributed by atoms with Gasteiger partial charge in [0.05, 0.1) is 5.56 Å². The molecule has 0 aliphatic rings. The van der Waals surface area contributed by atoms with Crippen LogP contribution in [0.4, 0.5) is 0 Å². The standard InChI is InChI=1S/C10H11NO4/c1-8(11(13)14)7-15-10(12)9-5-3-2-4-6-9/h2-6,8H,7H2,1H3/t8-/m1/s1. The number of hydrogen-bond donors (Lipinski definition) is 0. The largest absolute Gasteiger partial charge is 0.455 e. The Kier molecular flexibility index (Phi) is 3.79. The van der Waals surface area contributed by atoms with Gasteiger partial charge in [-0.05, 0) is 12.1 Å². The van der Waals surface area contributed by atoms with Crippen molar-refractivity contribution >= 4 is 5.97 Å². The molecule has 0 spiro atoms. The maximum Gasteiger partial charge on any atom is 0.338 e. The van der Waals surface area contributed by atoms with Crippen molar-refractivity contribution in [2.24, 2.45) is 0 Å². The van der Waals surface area contributed by atoms with Crippen molar-refractivity contribution in [3.8, 4) is 0 Å². The Labute approximate surface area is 86.8 Å². The Morgan fingerprint density at radius 1 is 1.47 bits per heavy atom. The monoisotopic (exact) mass is 209 g/mol. The molecule has 15 heavy (non-hydrogen) atoms. The van der Waals surface area contributed by atoms with Crippen molar-refractivity contribution in [3.63, 3.8) is 0 Å². The van der Waals surface area contributed by atoms with E-state index in [9.17, 15) is 14.9 Å². The third-order valence-corrected chi connectivity index (χ3v) is 1.83. The number of nitro groups is 1. The summed E-state index contributed by atoms with van der Waals surface area (Å²) in [5, 5.41) is 10.3. The van der Waals surface area contributed by atoms with Crippen molar-refractivity contribution in [2.45, 2.75) is 13.0 Å². The van der Waals surface area contributed by atoms with Crippen LogP contribution < -0.4 is 0 Å². The van der Waals surface area contributed by atoms with Gasteiger partial charge in [-0.1, -0.05) is 18.2 Å². The lowest BCUT2D eigenvalue weighted by atomic mass is 10.2. The van der Waals surface area contributed by atoms with Crippen LogP contribution in [0.25, 0.3) is 0 Å². The van der Waals surface area contributed by atoms with Crippen LogP contribution in [0.3, 0.4) is 0 Å². The van der Waals surface area contributed by atoms with Gasteiger partial charge in [-0.25, -0.2) is 4.79 Å². The highest BCUT2D eigenvalue weighted by molar-refractivity contribution is 5.89. The molecule has 0 heterocycles. The predicted molar refractivity (Wildman–Crippen MR) is 53.2 cm³/mol. The van der Waals surface area contributed by atoms with E-state index in [0.29, 0.717) is 5.56 Å². The minimum absolute atomic E-state index is 0.208. The first-order valence-corrected chi connectivity index (χ1v) is 4.47. The van der Waals surface area contributed by atoms with Crippen molar-refractivity contribution in [2.75, 3.05) is 6.61 Å². The summed E-state index contributed by atoms with van der Waals surface area (Å²) in [7, 11) is 0.